The van der Waals surface area contributed by atoms with E-state index in [1.165, 1.54) is 6.42 Å². The van der Waals surface area contributed by atoms with Gasteiger partial charge < -0.3 is 5.11 Å². The fourth-order valence-corrected chi connectivity index (χ4v) is 3.33. The fourth-order valence-electron chi connectivity index (χ4n) is 3.33. The van der Waals surface area contributed by atoms with Crippen LogP contribution < -0.4 is 0 Å². The molecule has 0 unspecified atom stereocenters. The molecule has 0 aromatic carbocycles. The lowest BCUT2D eigenvalue weighted by atomic mass is 9.57. The Labute approximate surface area is 92.6 Å². The summed E-state index contributed by atoms with van der Waals surface area (Å²) in [6, 6.07) is 0. The van der Waals surface area contributed by atoms with Crippen LogP contribution in [0.2, 0.25) is 0 Å². The minimum absolute atomic E-state index is 0.291. The molecule has 2 aliphatic carbocycles. The van der Waals surface area contributed by atoms with Gasteiger partial charge in [0, 0.05) is 12.5 Å². The van der Waals surface area contributed by atoms with Crippen LogP contribution in [0.3, 0.4) is 0 Å². The lowest BCUT2D eigenvalue weighted by Gasteiger charge is -2.47. The van der Waals surface area contributed by atoms with Crippen molar-refractivity contribution in [3.63, 3.8) is 0 Å². The molecule has 0 heterocycles. The van der Waals surface area contributed by atoms with Gasteiger partial charge in [-0.05, 0) is 42.9 Å². The van der Waals surface area contributed by atoms with Crippen molar-refractivity contribution in [2.75, 3.05) is 6.61 Å². The Bertz CT molecular complexity index is 299. The molecule has 0 aromatic rings. The summed E-state index contributed by atoms with van der Waals surface area (Å²) in [6.07, 6.45) is 14.6. The summed E-state index contributed by atoms with van der Waals surface area (Å²) in [5, 5.41) is 9.42. The minimum atomic E-state index is 0.291. The van der Waals surface area contributed by atoms with Crippen LogP contribution in [0.4, 0.5) is 0 Å². The molecule has 4 atom stereocenters. The second-order valence-corrected chi connectivity index (χ2v) is 5.33. The molecule has 1 nitrogen and oxygen atoms in total. The zero-order valence-electron chi connectivity index (χ0n) is 9.45. The Kier molecular flexibility index (Phi) is 2.89. The molecule has 0 amide bonds. The van der Waals surface area contributed by atoms with Crippen molar-refractivity contribution < 1.29 is 5.11 Å². The molecule has 1 fully saturated rings. The quantitative estimate of drug-likeness (QED) is 0.514. The van der Waals surface area contributed by atoms with Crippen LogP contribution in [0.5, 0.6) is 0 Å². The Morgan fingerprint density at radius 3 is 3.07 bits per heavy atom. The van der Waals surface area contributed by atoms with Crippen molar-refractivity contribution in [1.29, 1.82) is 0 Å². The molecule has 0 radical (unpaired) electrons. The molecule has 0 spiro atoms. The highest BCUT2D eigenvalue weighted by atomic mass is 16.3. The molecule has 2 rings (SSSR count). The van der Waals surface area contributed by atoms with Gasteiger partial charge in [0.2, 0.25) is 0 Å². The first-order valence-electron chi connectivity index (χ1n) is 5.94. The summed E-state index contributed by atoms with van der Waals surface area (Å²) in [5.74, 6) is 4.34. The highest BCUT2D eigenvalue weighted by molar-refractivity contribution is 5.12. The topological polar surface area (TPSA) is 20.2 Å². The molecule has 1 saturated carbocycles. The van der Waals surface area contributed by atoms with Crippen molar-refractivity contribution >= 4 is 0 Å². The van der Waals surface area contributed by atoms with Gasteiger partial charge in [-0.1, -0.05) is 19.1 Å². The number of hydrogen-bond donors (Lipinski definition) is 1. The van der Waals surface area contributed by atoms with E-state index in [2.05, 4.69) is 25.0 Å². The number of fused-ring (bicyclic) bond motifs is 1. The second-order valence-electron chi connectivity index (χ2n) is 5.33. The number of terminal acetylenes is 1. The first-order valence-corrected chi connectivity index (χ1v) is 5.94. The van der Waals surface area contributed by atoms with E-state index in [0.29, 0.717) is 29.8 Å². The highest BCUT2D eigenvalue weighted by Gasteiger charge is 2.42. The molecule has 0 saturated heterocycles. The Balaban J connectivity index is 2.20. The van der Waals surface area contributed by atoms with Gasteiger partial charge in [-0.25, -0.2) is 0 Å². The van der Waals surface area contributed by atoms with E-state index in [-0.39, 0.29) is 0 Å². The van der Waals surface area contributed by atoms with Crippen molar-refractivity contribution in [1.82, 2.24) is 0 Å². The average molecular weight is 204 g/mol. The van der Waals surface area contributed by atoms with Gasteiger partial charge in [0.15, 0.2) is 0 Å². The van der Waals surface area contributed by atoms with Gasteiger partial charge in [0.05, 0.1) is 0 Å². The normalized spacial score (nSPS) is 44.5. The maximum absolute atomic E-state index is 9.42. The third-order valence-corrected chi connectivity index (χ3v) is 4.39. The summed E-state index contributed by atoms with van der Waals surface area (Å²) in [4.78, 5) is 0. The van der Waals surface area contributed by atoms with Gasteiger partial charge >= 0.3 is 0 Å². The third-order valence-electron chi connectivity index (χ3n) is 4.39. The van der Waals surface area contributed by atoms with Crippen LogP contribution in [-0.4, -0.2) is 11.7 Å². The fraction of sp³-hybridized carbons (Fsp3) is 0.714. The van der Waals surface area contributed by atoms with Gasteiger partial charge in [-0.15, -0.1) is 12.3 Å². The molecule has 15 heavy (non-hydrogen) atoms. The maximum atomic E-state index is 9.42. The van der Waals surface area contributed by atoms with E-state index < -0.39 is 0 Å². The zero-order chi connectivity index (χ0) is 10.9. The average Bonchev–Trinajstić information content (AvgIpc) is 2.27. The Morgan fingerprint density at radius 1 is 1.60 bits per heavy atom. The van der Waals surface area contributed by atoms with Crippen LogP contribution in [0.25, 0.3) is 0 Å². The van der Waals surface area contributed by atoms with E-state index in [1.54, 1.807) is 0 Å². The molecular weight excluding hydrogens is 184 g/mol. The molecule has 0 aliphatic heterocycles. The number of rotatable bonds is 1. The predicted molar refractivity (Wildman–Crippen MR) is 62.1 cm³/mol. The lowest BCUT2D eigenvalue weighted by Crippen LogP contribution is -2.40. The van der Waals surface area contributed by atoms with Crippen LogP contribution in [0.1, 0.15) is 32.6 Å². The molecule has 1 heteroatoms. The molecule has 1 N–H and O–H groups in total. The lowest BCUT2D eigenvalue weighted by molar-refractivity contribution is 0.0471. The summed E-state index contributed by atoms with van der Waals surface area (Å²) >= 11 is 0. The van der Waals surface area contributed by atoms with Crippen LogP contribution in [-0.2, 0) is 0 Å². The summed E-state index contributed by atoms with van der Waals surface area (Å²) in [5.41, 5.74) is 0.291. The first-order chi connectivity index (χ1) is 7.19. The largest absolute Gasteiger partial charge is 0.396 e. The Morgan fingerprint density at radius 2 is 2.40 bits per heavy atom. The van der Waals surface area contributed by atoms with Gasteiger partial charge in [-0.2, -0.15) is 0 Å². The standard InChI is InChI=1S/C14H20O/c1-3-11-6-8-14(2)7-4-5-12(10-15)13(14)9-11/h1,4,7,11-13,15H,5-6,8-10H2,2H3/t11-,12+,13-,14-/m0/s1. The number of aliphatic hydroxyl groups excluding tert-OH is 1. The van der Waals surface area contributed by atoms with E-state index in [9.17, 15) is 5.11 Å². The summed E-state index contributed by atoms with van der Waals surface area (Å²) in [6.45, 7) is 2.63. The second kappa shape index (κ2) is 4.02. The number of hydrogen-bond acceptors (Lipinski definition) is 1. The number of allylic oxidation sites excluding steroid dienone is 2. The predicted octanol–water partition coefficient (Wildman–Crippen LogP) is 2.61. The minimum Gasteiger partial charge on any atom is -0.396 e. The highest BCUT2D eigenvalue weighted by Crippen LogP contribution is 2.50. The van der Waals surface area contributed by atoms with E-state index in [4.69, 9.17) is 6.42 Å². The SMILES string of the molecule is C#C[C@H]1CC[C@]2(C)C=CC[C@H](CO)[C@@H]2C1. The van der Waals surface area contributed by atoms with E-state index in [1.807, 2.05) is 0 Å². The van der Waals surface area contributed by atoms with Crippen molar-refractivity contribution in [3.05, 3.63) is 12.2 Å². The van der Waals surface area contributed by atoms with Crippen LogP contribution in [0, 0.1) is 35.5 Å². The molecule has 2 aliphatic rings. The first kappa shape index (κ1) is 10.8. The van der Waals surface area contributed by atoms with Crippen molar-refractivity contribution in [2.24, 2.45) is 23.2 Å². The Hall–Kier alpha value is -0.740. The van der Waals surface area contributed by atoms with Crippen LogP contribution in [0.15, 0.2) is 12.2 Å². The molecular formula is C14H20O. The number of aliphatic hydroxyl groups is 1. The molecule has 0 bridgehead atoms. The van der Waals surface area contributed by atoms with E-state index in [0.717, 1.165) is 19.3 Å². The zero-order valence-corrected chi connectivity index (χ0v) is 9.45. The van der Waals surface area contributed by atoms with Gasteiger partial charge in [-0.3, -0.25) is 0 Å². The summed E-state index contributed by atoms with van der Waals surface area (Å²) < 4.78 is 0. The van der Waals surface area contributed by atoms with E-state index >= 15 is 0 Å². The molecule has 82 valence electrons. The van der Waals surface area contributed by atoms with Crippen molar-refractivity contribution in [3.8, 4) is 12.3 Å². The van der Waals surface area contributed by atoms with Gasteiger partial charge in [0.25, 0.3) is 0 Å². The van der Waals surface area contributed by atoms with Gasteiger partial charge in [0.1, 0.15) is 0 Å². The third kappa shape index (κ3) is 1.84. The molecule has 0 aromatic heterocycles. The van der Waals surface area contributed by atoms with Crippen LogP contribution >= 0.6 is 0 Å². The monoisotopic (exact) mass is 204 g/mol. The van der Waals surface area contributed by atoms with Crippen molar-refractivity contribution in [2.45, 2.75) is 32.6 Å². The summed E-state index contributed by atoms with van der Waals surface area (Å²) in [7, 11) is 0. The maximum Gasteiger partial charge on any atom is 0.0465 e. The smallest absolute Gasteiger partial charge is 0.0465 e.